The van der Waals surface area contributed by atoms with Crippen LogP contribution in [-0.2, 0) is 19.4 Å². The zero-order valence-corrected chi connectivity index (χ0v) is 14.7. The summed E-state index contributed by atoms with van der Waals surface area (Å²) in [6.07, 6.45) is 4.29. The van der Waals surface area contributed by atoms with Crippen LogP contribution in [0.4, 0.5) is 0 Å². The van der Waals surface area contributed by atoms with Gasteiger partial charge in [0.25, 0.3) is 5.56 Å². The second-order valence-corrected chi connectivity index (χ2v) is 6.98. The molecule has 2 aromatic heterocycles. The molecule has 0 saturated carbocycles. The summed E-state index contributed by atoms with van der Waals surface area (Å²) in [5.41, 5.74) is 4.07. The van der Waals surface area contributed by atoms with Crippen LogP contribution in [-0.4, -0.2) is 4.57 Å². The fraction of sp³-hybridized carbons (Fsp3) is 0.273. The van der Waals surface area contributed by atoms with Crippen molar-refractivity contribution in [2.24, 2.45) is 5.92 Å². The Hall–Kier alpha value is -3.06. The minimum absolute atomic E-state index is 0.226. The fourth-order valence-electron chi connectivity index (χ4n) is 3.91. The Morgan fingerprint density at radius 2 is 2.00 bits per heavy atom. The van der Waals surface area contributed by atoms with E-state index in [1.807, 2.05) is 42.5 Å². The van der Waals surface area contributed by atoms with Crippen LogP contribution in [0.3, 0.4) is 0 Å². The lowest BCUT2D eigenvalue weighted by molar-refractivity contribution is 0.479. The highest BCUT2D eigenvalue weighted by Crippen LogP contribution is 2.34. The largest absolute Gasteiger partial charge is 0.467 e. The van der Waals surface area contributed by atoms with E-state index in [-0.39, 0.29) is 11.1 Å². The molecule has 4 nitrogen and oxygen atoms in total. The number of nitriles is 1. The molecular weight excluding hydrogens is 324 g/mol. The Morgan fingerprint density at radius 1 is 1.19 bits per heavy atom. The first kappa shape index (κ1) is 16.4. The normalized spacial score (nSPS) is 16.1. The molecule has 1 aliphatic carbocycles. The molecular formula is C22H20N2O2. The molecule has 0 bridgehead atoms. The van der Waals surface area contributed by atoms with Gasteiger partial charge in [-0.15, -0.1) is 0 Å². The first-order valence-corrected chi connectivity index (χ1v) is 8.95. The second kappa shape index (κ2) is 6.68. The molecule has 0 aliphatic heterocycles. The van der Waals surface area contributed by atoms with E-state index < -0.39 is 0 Å². The summed E-state index contributed by atoms with van der Waals surface area (Å²) in [6, 6.07) is 15.8. The van der Waals surface area contributed by atoms with Crippen LogP contribution in [0.1, 0.15) is 35.8 Å². The number of rotatable bonds is 3. The van der Waals surface area contributed by atoms with Crippen molar-refractivity contribution in [3.05, 3.63) is 81.5 Å². The van der Waals surface area contributed by atoms with Crippen molar-refractivity contribution in [1.29, 1.82) is 5.26 Å². The van der Waals surface area contributed by atoms with E-state index in [1.165, 1.54) is 0 Å². The molecule has 1 unspecified atom stereocenters. The van der Waals surface area contributed by atoms with Crippen LogP contribution in [0.15, 0.2) is 57.9 Å². The third kappa shape index (κ3) is 2.76. The summed E-state index contributed by atoms with van der Waals surface area (Å²) < 4.78 is 7.19. The summed E-state index contributed by atoms with van der Waals surface area (Å²) in [6.45, 7) is 2.55. The zero-order valence-electron chi connectivity index (χ0n) is 14.7. The molecule has 0 fully saturated rings. The number of hydrogen-bond donors (Lipinski definition) is 0. The van der Waals surface area contributed by atoms with Gasteiger partial charge in [0.15, 0.2) is 0 Å². The van der Waals surface area contributed by atoms with Crippen molar-refractivity contribution in [3.63, 3.8) is 0 Å². The topological polar surface area (TPSA) is 58.9 Å². The quantitative estimate of drug-likeness (QED) is 0.717. The lowest BCUT2D eigenvalue weighted by atomic mass is 9.81. The maximum Gasteiger partial charge on any atom is 0.269 e. The smallest absolute Gasteiger partial charge is 0.269 e. The van der Waals surface area contributed by atoms with Gasteiger partial charge < -0.3 is 4.42 Å². The minimum atomic E-state index is -0.226. The van der Waals surface area contributed by atoms with Crippen LogP contribution >= 0.6 is 0 Å². The first-order chi connectivity index (χ1) is 12.7. The van der Waals surface area contributed by atoms with Crippen LogP contribution in [0.5, 0.6) is 0 Å². The van der Waals surface area contributed by atoms with Gasteiger partial charge in [-0.25, -0.2) is 0 Å². The van der Waals surface area contributed by atoms with Crippen LogP contribution in [0.25, 0.3) is 11.3 Å². The monoisotopic (exact) mass is 344 g/mol. The Bertz CT molecular complexity index is 1020. The Kier molecular flexibility index (Phi) is 4.22. The molecule has 1 aliphatic rings. The van der Waals surface area contributed by atoms with Crippen LogP contribution < -0.4 is 5.56 Å². The van der Waals surface area contributed by atoms with Gasteiger partial charge in [0.2, 0.25) is 0 Å². The van der Waals surface area contributed by atoms with E-state index in [0.717, 1.165) is 41.6 Å². The van der Waals surface area contributed by atoms with Gasteiger partial charge in [0.1, 0.15) is 17.4 Å². The number of hydrogen-bond acceptors (Lipinski definition) is 3. The molecule has 1 aromatic carbocycles. The molecule has 0 N–H and O–H groups in total. The summed E-state index contributed by atoms with van der Waals surface area (Å²) in [7, 11) is 0. The average Bonchev–Trinajstić information content (AvgIpc) is 3.17. The van der Waals surface area contributed by atoms with Crippen molar-refractivity contribution in [3.8, 4) is 17.3 Å². The van der Waals surface area contributed by atoms with Gasteiger partial charge in [0.05, 0.1) is 18.5 Å². The predicted octanol–water partition coefficient (Wildman–Crippen LogP) is 4.15. The van der Waals surface area contributed by atoms with Gasteiger partial charge in [0, 0.05) is 0 Å². The highest BCUT2D eigenvalue weighted by molar-refractivity contribution is 5.67. The molecule has 4 heteroatoms. The molecule has 2 heterocycles. The maximum absolute atomic E-state index is 13.2. The maximum atomic E-state index is 13.2. The van der Waals surface area contributed by atoms with Gasteiger partial charge in [-0.2, -0.15) is 5.26 Å². The van der Waals surface area contributed by atoms with E-state index >= 15 is 0 Å². The van der Waals surface area contributed by atoms with Crippen LogP contribution in [0.2, 0.25) is 0 Å². The van der Waals surface area contributed by atoms with E-state index in [1.54, 1.807) is 10.8 Å². The molecule has 130 valence electrons. The van der Waals surface area contributed by atoms with Gasteiger partial charge in [-0.3, -0.25) is 9.36 Å². The third-order valence-corrected chi connectivity index (χ3v) is 5.17. The Labute approximate surface area is 152 Å². The van der Waals surface area contributed by atoms with Crippen LogP contribution in [0, 0.1) is 17.2 Å². The molecule has 0 saturated heterocycles. The van der Waals surface area contributed by atoms with E-state index in [9.17, 15) is 10.1 Å². The number of aromatic nitrogens is 1. The molecule has 0 amide bonds. The SMILES string of the molecule is CC1CCc2c(c(-c3ccccc3)n(Cc3ccco3)c(=O)c2C#N)C1. The van der Waals surface area contributed by atoms with E-state index in [2.05, 4.69) is 13.0 Å². The molecule has 3 aromatic rings. The number of pyridine rings is 1. The number of benzene rings is 1. The third-order valence-electron chi connectivity index (χ3n) is 5.17. The van der Waals surface area contributed by atoms with E-state index in [4.69, 9.17) is 4.42 Å². The van der Waals surface area contributed by atoms with Crippen molar-refractivity contribution >= 4 is 0 Å². The summed E-state index contributed by atoms with van der Waals surface area (Å²) in [5, 5.41) is 9.67. The predicted molar refractivity (Wildman–Crippen MR) is 99.9 cm³/mol. The second-order valence-electron chi connectivity index (χ2n) is 6.98. The zero-order chi connectivity index (χ0) is 18.1. The molecule has 0 radical (unpaired) electrons. The Balaban J connectivity index is 2.04. The van der Waals surface area contributed by atoms with Gasteiger partial charge in [-0.05, 0) is 54.0 Å². The van der Waals surface area contributed by atoms with Crippen molar-refractivity contribution < 1.29 is 4.42 Å². The molecule has 4 rings (SSSR count). The average molecular weight is 344 g/mol. The fourth-order valence-corrected chi connectivity index (χ4v) is 3.91. The summed E-state index contributed by atoms with van der Waals surface area (Å²) >= 11 is 0. The molecule has 1 atom stereocenters. The minimum Gasteiger partial charge on any atom is -0.467 e. The number of fused-ring (bicyclic) bond motifs is 1. The van der Waals surface area contributed by atoms with Crippen molar-refractivity contribution in [2.45, 2.75) is 32.7 Å². The Morgan fingerprint density at radius 3 is 2.69 bits per heavy atom. The number of nitrogens with zero attached hydrogens (tertiary/aromatic N) is 2. The highest BCUT2D eigenvalue weighted by atomic mass is 16.3. The van der Waals surface area contributed by atoms with Gasteiger partial charge in [-0.1, -0.05) is 37.3 Å². The molecule has 0 spiro atoms. The summed E-state index contributed by atoms with van der Waals surface area (Å²) in [5.74, 6) is 1.24. The lowest BCUT2D eigenvalue weighted by Gasteiger charge is -2.27. The number of furan rings is 1. The summed E-state index contributed by atoms with van der Waals surface area (Å²) in [4.78, 5) is 13.2. The van der Waals surface area contributed by atoms with Gasteiger partial charge >= 0.3 is 0 Å². The van der Waals surface area contributed by atoms with Crippen molar-refractivity contribution in [2.75, 3.05) is 0 Å². The molecule has 26 heavy (non-hydrogen) atoms. The lowest BCUT2D eigenvalue weighted by Crippen LogP contribution is -2.30. The first-order valence-electron chi connectivity index (χ1n) is 8.95. The van der Waals surface area contributed by atoms with E-state index in [0.29, 0.717) is 18.2 Å². The van der Waals surface area contributed by atoms with Crippen molar-refractivity contribution in [1.82, 2.24) is 4.57 Å². The standard InChI is InChI=1S/C22H20N2O2/c1-15-9-10-18-19(12-15)21(16-6-3-2-4-7-16)24(22(25)20(18)13-23)14-17-8-5-11-26-17/h2-8,11,15H,9-10,12,14H2,1H3. The highest BCUT2D eigenvalue weighted by Gasteiger charge is 2.27.